The van der Waals surface area contributed by atoms with Crippen molar-refractivity contribution in [2.24, 2.45) is 5.41 Å². The van der Waals surface area contributed by atoms with E-state index in [0.29, 0.717) is 42.6 Å². The van der Waals surface area contributed by atoms with Crippen LogP contribution in [0.4, 0.5) is 5.69 Å². The van der Waals surface area contributed by atoms with Crippen LogP contribution in [0.25, 0.3) is 0 Å². The number of rotatable bonds is 15. The Morgan fingerprint density at radius 2 is 1.63 bits per heavy atom. The summed E-state index contributed by atoms with van der Waals surface area (Å²) in [5.41, 5.74) is 1.70. The molecule has 2 unspecified atom stereocenters. The lowest BCUT2D eigenvalue weighted by Crippen LogP contribution is -2.49. The number of nitrogens with zero attached hydrogens (tertiary/aromatic N) is 3. The topological polar surface area (TPSA) is 186 Å². The molecule has 1 aliphatic carbocycles. The van der Waals surface area contributed by atoms with Crippen LogP contribution in [0.1, 0.15) is 74.7 Å². The fourth-order valence-electron chi connectivity index (χ4n) is 7.14. The molecular formula is C38H43N5O8. The molecule has 2 heterocycles. The maximum Gasteiger partial charge on any atom is 0.326 e. The zero-order valence-electron chi connectivity index (χ0n) is 28.5. The van der Waals surface area contributed by atoms with Gasteiger partial charge in [0.25, 0.3) is 5.91 Å². The second kappa shape index (κ2) is 16.4. The van der Waals surface area contributed by atoms with Crippen molar-refractivity contribution in [2.75, 3.05) is 11.4 Å². The first-order chi connectivity index (χ1) is 24.5. The molecule has 268 valence electrons. The summed E-state index contributed by atoms with van der Waals surface area (Å²) in [6.07, 6.45) is 5.16. The van der Waals surface area contributed by atoms with Gasteiger partial charge in [0, 0.05) is 50.8 Å². The molecule has 2 fully saturated rings. The quantitative estimate of drug-likeness (QED) is 0.184. The molecule has 1 saturated carbocycles. The van der Waals surface area contributed by atoms with Crippen LogP contribution in [0.15, 0.2) is 79.1 Å². The summed E-state index contributed by atoms with van der Waals surface area (Å²) in [4.78, 5) is 83.9. The first-order valence-corrected chi connectivity index (χ1v) is 17.2. The Morgan fingerprint density at radius 1 is 0.922 bits per heavy atom. The Labute approximate surface area is 296 Å². The number of benzene rings is 2. The molecule has 0 radical (unpaired) electrons. The van der Waals surface area contributed by atoms with Gasteiger partial charge in [-0.1, -0.05) is 61.4 Å². The molecule has 4 N–H and O–H groups in total. The molecule has 0 bridgehead atoms. The zero-order valence-corrected chi connectivity index (χ0v) is 28.5. The van der Waals surface area contributed by atoms with E-state index in [0.717, 1.165) is 18.4 Å². The van der Waals surface area contributed by atoms with E-state index in [2.05, 4.69) is 15.6 Å². The molecule has 51 heavy (non-hydrogen) atoms. The minimum absolute atomic E-state index is 0.0113. The van der Waals surface area contributed by atoms with E-state index in [1.807, 2.05) is 12.1 Å². The molecule has 1 aliphatic heterocycles. The van der Waals surface area contributed by atoms with Crippen molar-refractivity contribution in [2.45, 2.75) is 83.0 Å². The van der Waals surface area contributed by atoms with Crippen molar-refractivity contribution in [3.8, 4) is 0 Å². The van der Waals surface area contributed by atoms with E-state index >= 15 is 0 Å². The van der Waals surface area contributed by atoms with Gasteiger partial charge in [-0.2, -0.15) is 0 Å². The zero-order chi connectivity index (χ0) is 36.5. The second-order valence-corrected chi connectivity index (χ2v) is 13.2. The van der Waals surface area contributed by atoms with Gasteiger partial charge >= 0.3 is 11.9 Å². The largest absolute Gasteiger partial charge is 0.481 e. The van der Waals surface area contributed by atoms with E-state index in [1.54, 1.807) is 67.0 Å². The van der Waals surface area contributed by atoms with Gasteiger partial charge in [-0.05, 0) is 54.2 Å². The predicted octanol–water partition coefficient (Wildman–Crippen LogP) is 3.63. The lowest BCUT2D eigenvalue weighted by atomic mass is 9.81. The van der Waals surface area contributed by atoms with E-state index in [-0.39, 0.29) is 37.0 Å². The minimum Gasteiger partial charge on any atom is -0.481 e. The Balaban J connectivity index is 1.41. The molecule has 1 saturated heterocycles. The molecule has 3 atom stereocenters. The summed E-state index contributed by atoms with van der Waals surface area (Å²) in [5, 5.41) is 24.9. The standard InChI is InChI=1S/C38H43N5O8/c1-25(44)40-21-19-38(17-5-6-18-38)37(51)41-30(36(49)50)22-26-11-13-29(14-12-26)42-34(28-9-3-2-4-10-28)43(32(45)15-16-33(46)47)31(35(42)48)23-27-8-7-20-39-24-27/h2-4,7-14,20,24,30-31,34H,5-6,15-19,21-23H2,1H3,(H,40,44)(H,41,51)(H,46,47)(H,49,50)/t30?,31-,34?/m1/s1. The maximum absolute atomic E-state index is 14.3. The van der Waals surface area contributed by atoms with Crippen molar-refractivity contribution in [3.63, 3.8) is 0 Å². The first-order valence-electron chi connectivity index (χ1n) is 17.2. The number of hydrogen-bond donors (Lipinski definition) is 4. The molecular weight excluding hydrogens is 654 g/mol. The Morgan fingerprint density at radius 3 is 2.24 bits per heavy atom. The smallest absolute Gasteiger partial charge is 0.326 e. The van der Waals surface area contributed by atoms with Crippen molar-refractivity contribution >= 4 is 41.3 Å². The van der Waals surface area contributed by atoms with E-state index in [9.17, 15) is 39.0 Å². The fraction of sp³-hybridized carbons (Fsp3) is 0.395. The molecule has 5 rings (SSSR count). The summed E-state index contributed by atoms with van der Waals surface area (Å²) in [7, 11) is 0. The lowest BCUT2D eigenvalue weighted by Gasteiger charge is -2.32. The lowest BCUT2D eigenvalue weighted by molar-refractivity contribution is -0.144. The van der Waals surface area contributed by atoms with Gasteiger partial charge in [-0.25, -0.2) is 4.79 Å². The van der Waals surface area contributed by atoms with Gasteiger partial charge < -0.3 is 25.7 Å². The molecule has 2 aliphatic rings. The third-order valence-corrected chi connectivity index (χ3v) is 9.73. The third kappa shape index (κ3) is 8.77. The normalized spacial score (nSPS) is 18.6. The predicted molar refractivity (Wildman–Crippen MR) is 186 cm³/mol. The number of aliphatic carboxylic acids is 2. The van der Waals surface area contributed by atoms with Crippen LogP contribution >= 0.6 is 0 Å². The van der Waals surface area contributed by atoms with Gasteiger partial charge in [-0.15, -0.1) is 0 Å². The molecule has 2 aromatic carbocycles. The Kier molecular flexibility index (Phi) is 11.8. The summed E-state index contributed by atoms with van der Waals surface area (Å²) in [5.74, 6) is -3.68. The van der Waals surface area contributed by atoms with Crippen molar-refractivity contribution in [1.29, 1.82) is 0 Å². The average molecular weight is 698 g/mol. The van der Waals surface area contributed by atoms with Crippen molar-refractivity contribution in [3.05, 3.63) is 95.8 Å². The SMILES string of the molecule is CC(=O)NCCC1(C(=O)NC(Cc2ccc(N3C(=O)[C@@H](Cc4cccnc4)N(C(=O)CCC(=O)O)C3c3ccccc3)cc2)C(=O)O)CCCC1. The molecule has 13 nitrogen and oxygen atoms in total. The van der Waals surface area contributed by atoms with Crippen LogP contribution in [-0.4, -0.2) is 74.3 Å². The van der Waals surface area contributed by atoms with E-state index in [1.165, 1.54) is 16.7 Å². The summed E-state index contributed by atoms with van der Waals surface area (Å²) in [6.45, 7) is 1.74. The van der Waals surface area contributed by atoms with Crippen LogP contribution in [0.5, 0.6) is 0 Å². The van der Waals surface area contributed by atoms with Crippen LogP contribution < -0.4 is 15.5 Å². The van der Waals surface area contributed by atoms with E-state index in [4.69, 9.17) is 0 Å². The molecule has 0 spiro atoms. The fourth-order valence-corrected chi connectivity index (χ4v) is 7.14. The van der Waals surface area contributed by atoms with Crippen LogP contribution in [-0.2, 0) is 41.6 Å². The van der Waals surface area contributed by atoms with Gasteiger partial charge in [0.1, 0.15) is 18.2 Å². The highest BCUT2D eigenvalue weighted by Gasteiger charge is 2.49. The molecule has 4 amide bonds. The number of carboxylic acids is 2. The second-order valence-electron chi connectivity index (χ2n) is 13.2. The number of nitrogens with one attached hydrogen (secondary N) is 2. The maximum atomic E-state index is 14.3. The van der Waals surface area contributed by atoms with Crippen molar-refractivity contribution < 1.29 is 39.0 Å². The van der Waals surface area contributed by atoms with Crippen LogP contribution in [0.2, 0.25) is 0 Å². The summed E-state index contributed by atoms with van der Waals surface area (Å²) in [6, 6.07) is 17.2. The number of carbonyl (C=O) groups excluding carboxylic acids is 4. The number of pyridine rings is 1. The average Bonchev–Trinajstić information content (AvgIpc) is 3.71. The van der Waals surface area contributed by atoms with Gasteiger partial charge in [-0.3, -0.25) is 33.9 Å². The highest BCUT2D eigenvalue weighted by Crippen LogP contribution is 2.42. The van der Waals surface area contributed by atoms with Crippen LogP contribution in [0.3, 0.4) is 0 Å². The number of amides is 4. The first kappa shape index (κ1) is 36.7. The number of hydrogen-bond acceptors (Lipinski definition) is 7. The number of carboxylic acid groups (broad SMARTS) is 2. The number of carbonyl (C=O) groups is 6. The van der Waals surface area contributed by atoms with Crippen LogP contribution in [0, 0.1) is 5.41 Å². The minimum atomic E-state index is -1.21. The molecule has 13 heteroatoms. The molecule has 1 aromatic heterocycles. The monoisotopic (exact) mass is 697 g/mol. The summed E-state index contributed by atoms with van der Waals surface area (Å²) < 4.78 is 0. The van der Waals surface area contributed by atoms with Gasteiger partial charge in [0.15, 0.2) is 0 Å². The number of anilines is 1. The highest BCUT2D eigenvalue weighted by atomic mass is 16.4. The van der Waals surface area contributed by atoms with E-state index < -0.39 is 47.9 Å². The highest BCUT2D eigenvalue weighted by molar-refractivity contribution is 6.04. The third-order valence-electron chi connectivity index (χ3n) is 9.73. The summed E-state index contributed by atoms with van der Waals surface area (Å²) >= 11 is 0. The van der Waals surface area contributed by atoms with Gasteiger partial charge in [0.2, 0.25) is 17.7 Å². The van der Waals surface area contributed by atoms with Crippen molar-refractivity contribution in [1.82, 2.24) is 20.5 Å². The van der Waals surface area contributed by atoms with Gasteiger partial charge in [0.05, 0.1) is 11.8 Å². The Bertz CT molecular complexity index is 1730. The number of aromatic nitrogens is 1. The molecule has 3 aromatic rings. The Hall–Kier alpha value is -5.59.